The van der Waals surface area contributed by atoms with Crippen LogP contribution >= 0.6 is 0 Å². The van der Waals surface area contributed by atoms with E-state index in [4.69, 9.17) is 5.11 Å². The molecular formula is C14H10F4N2O2. The number of hydrogen-bond donors (Lipinski definition) is 2. The topological polar surface area (TPSA) is 66.0 Å². The third-order valence-corrected chi connectivity index (χ3v) is 2.75. The molecule has 0 unspecified atom stereocenters. The monoisotopic (exact) mass is 314 g/mol. The molecule has 0 aliphatic rings. The summed E-state index contributed by atoms with van der Waals surface area (Å²) in [5.74, 6) is -1.08. The molecule has 0 saturated carbocycles. The second-order valence-corrected chi connectivity index (χ2v) is 4.41. The van der Waals surface area contributed by atoms with E-state index in [2.05, 4.69) is 9.97 Å². The van der Waals surface area contributed by atoms with E-state index in [0.29, 0.717) is 5.69 Å². The molecule has 0 radical (unpaired) electrons. The van der Waals surface area contributed by atoms with Crippen molar-refractivity contribution in [1.82, 2.24) is 9.97 Å². The van der Waals surface area contributed by atoms with Gasteiger partial charge in [-0.05, 0) is 29.8 Å². The van der Waals surface area contributed by atoms with E-state index < -0.39 is 24.4 Å². The van der Waals surface area contributed by atoms with Crippen molar-refractivity contribution in [3.8, 4) is 11.4 Å². The molecule has 1 aromatic heterocycles. The lowest BCUT2D eigenvalue weighted by Gasteiger charge is -2.10. The van der Waals surface area contributed by atoms with Crippen LogP contribution in [0.15, 0.2) is 30.5 Å². The van der Waals surface area contributed by atoms with Gasteiger partial charge in [0.05, 0.1) is 17.5 Å². The summed E-state index contributed by atoms with van der Waals surface area (Å²) in [4.78, 5) is 16.9. The highest BCUT2D eigenvalue weighted by Crippen LogP contribution is 2.33. The molecule has 0 aliphatic heterocycles. The van der Waals surface area contributed by atoms with Gasteiger partial charge in [0.15, 0.2) is 0 Å². The van der Waals surface area contributed by atoms with Gasteiger partial charge in [-0.25, -0.2) is 14.2 Å². The third kappa shape index (κ3) is 3.72. The molecule has 0 amide bonds. The lowest BCUT2D eigenvalue weighted by atomic mass is 10.1. The Morgan fingerprint density at radius 1 is 1.32 bits per heavy atom. The number of carboxylic acid groups (broad SMARTS) is 1. The number of nitrogens with one attached hydrogen (secondary N) is 1. The number of aromatic nitrogens is 2. The van der Waals surface area contributed by atoms with Crippen molar-refractivity contribution >= 4 is 12.0 Å². The maximum Gasteiger partial charge on any atom is 0.416 e. The molecule has 0 aliphatic carbocycles. The Balaban J connectivity index is 2.42. The number of aliphatic carboxylic acids is 1. The maximum absolute atomic E-state index is 12.8. The van der Waals surface area contributed by atoms with Crippen molar-refractivity contribution in [1.29, 1.82) is 0 Å². The van der Waals surface area contributed by atoms with Gasteiger partial charge in [0.25, 0.3) is 0 Å². The van der Waals surface area contributed by atoms with E-state index in [9.17, 15) is 22.4 Å². The minimum Gasteiger partial charge on any atom is -0.478 e. The number of alkyl halides is 4. The van der Waals surface area contributed by atoms with Crippen molar-refractivity contribution in [2.75, 3.05) is 0 Å². The van der Waals surface area contributed by atoms with Crippen LogP contribution in [0, 0.1) is 0 Å². The molecule has 0 fully saturated rings. The van der Waals surface area contributed by atoms with Crippen molar-refractivity contribution < 1.29 is 27.5 Å². The summed E-state index contributed by atoms with van der Waals surface area (Å²) in [6, 6.07) is 2.83. The van der Waals surface area contributed by atoms with Gasteiger partial charge < -0.3 is 10.1 Å². The van der Waals surface area contributed by atoms with E-state index in [1.807, 2.05) is 0 Å². The predicted octanol–water partition coefficient (Wildman–Crippen LogP) is 3.66. The number of benzene rings is 1. The summed E-state index contributed by atoms with van der Waals surface area (Å²) in [6.07, 6.45) is -1.26. The Morgan fingerprint density at radius 3 is 2.64 bits per heavy atom. The zero-order chi connectivity index (χ0) is 16.3. The number of H-pyrrole nitrogens is 1. The fourth-order valence-electron chi connectivity index (χ4n) is 1.80. The van der Waals surface area contributed by atoms with Gasteiger partial charge in [-0.1, -0.05) is 0 Å². The highest BCUT2D eigenvalue weighted by Gasteiger charge is 2.31. The molecule has 1 aromatic carbocycles. The normalized spacial score (nSPS) is 12.0. The van der Waals surface area contributed by atoms with Crippen LogP contribution in [0.5, 0.6) is 0 Å². The number of aromatic amines is 1. The number of rotatable bonds is 4. The lowest BCUT2D eigenvalue weighted by Crippen LogP contribution is -2.06. The SMILES string of the molecule is O=C(O)/C=C\c1cnc(-c2cc(CF)cc(C(F)(F)F)c2)[nH]1. The fourth-order valence-corrected chi connectivity index (χ4v) is 1.80. The van der Waals surface area contributed by atoms with Crippen LogP contribution in [0.3, 0.4) is 0 Å². The first-order valence-electron chi connectivity index (χ1n) is 6.03. The van der Waals surface area contributed by atoms with Gasteiger partial charge in [-0.15, -0.1) is 0 Å². The largest absolute Gasteiger partial charge is 0.478 e. The summed E-state index contributed by atoms with van der Waals surface area (Å²) in [5, 5.41) is 8.51. The Bertz CT molecular complexity index is 720. The average molecular weight is 314 g/mol. The van der Waals surface area contributed by atoms with Crippen LogP contribution < -0.4 is 0 Å². The van der Waals surface area contributed by atoms with E-state index in [1.54, 1.807) is 0 Å². The van der Waals surface area contributed by atoms with E-state index in [1.165, 1.54) is 18.3 Å². The van der Waals surface area contributed by atoms with Crippen molar-refractivity contribution in [3.05, 3.63) is 47.3 Å². The molecule has 0 spiro atoms. The first-order valence-corrected chi connectivity index (χ1v) is 6.03. The average Bonchev–Trinajstić information content (AvgIpc) is 2.92. The summed E-state index contributed by atoms with van der Waals surface area (Å²) >= 11 is 0. The Hall–Kier alpha value is -2.64. The first-order chi connectivity index (χ1) is 10.3. The zero-order valence-electron chi connectivity index (χ0n) is 11.0. The van der Waals surface area contributed by atoms with Crippen molar-refractivity contribution in [3.63, 3.8) is 0 Å². The van der Waals surface area contributed by atoms with Gasteiger partial charge in [0.2, 0.25) is 0 Å². The maximum atomic E-state index is 12.8. The van der Waals surface area contributed by atoms with E-state index in [0.717, 1.165) is 18.2 Å². The Morgan fingerprint density at radius 2 is 2.05 bits per heavy atom. The van der Waals surface area contributed by atoms with Gasteiger partial charge >= 0.3 is 12.1 Å². The summed E-state index contributed by atoms with van der Waals surface area (Å²) in [6.45, 7) is -1.04. The summed E-state index contributed by atoms with van der Waals surface area (Å²) in [7, 11) is 0. The van der Waals surface area contributed by atoms with E-state index in [-0.39, 0.29) is 17.0 Å². The second kappa shape index (κ2) is 6.00. The molecule has 0 atom stereocenters. The van der Waals surface area contributed by atoms with Crippen molar-refractivity contribution in [2.45, 2.75) is 12.9 Å². The summed E-state index contributed by atoms with van der Waals surface area (Å²) in [5.41, 5.74) is -0.727. The van der Waals surface area contributed by atoms with Crippen LogP contribution in [0.25, 0.3) is 17.5 Å². The number of hydrogen-bond acceptors (Lipinski definition) is 2. The van der Waals surface area contributed by atoms with E-state index >= 15 is 0 Å². The standard InChI is InChI=1S/C14H10F4N2O2/c15-6-8-3-9(5-10(4-8)14(16,17)18)13-19-7-11(20-13)1-2-12(21)22/h1-5,7H,6H2,(H,19,20)(H,21,22)/b2-1-. The van der Waals surface area contributed by atoms with Crippen LogP contribution in [-0.2, 0) is 17.6 Å². The highest BCUT2D eigenvalue weighted by atomic mass is 19.4. The fraction of sp³-hybridized carbons (Fsp3) is 0.143. The molecule has 22 heavy (non-hydrogen) atoms. The number of carbonyl (C=O) groups is 1. The molecule has 4 nitrogen and oxygen atoms in total. The molecule has 1 heterocycles. The highest BCUT2D eigenvalue weighted by molar-refractivity contribution is 5.85. The van der Waals surface area contributed by atoms with Gasteiger partial charge in [0, 0.05) is 11.6 Å². The number of imidazole rings is 1. The Labute approximate surface area is 122 Å². The molecule has 2 aromatic rings. The molecule has 2 N–H and O–H groups in total. The van der Waals surface area contributed by atoms with Gasteiger partial charge in [0.1, 0.15) is 12.5 Å². The van der Waals surface area contributed by atoms with Crippen LogP contribution in [-0.4, -0.2) is 21.0 Å². The first kappa shape index (κ1) is 15.7. The molecule has 0 bridgehead atoms. The molecular weight excluding hydrogens is 304 g/mol. The number of nitrogens with zero attached hydrogens (tertiary/aromatic N) is 1. The van der Waals surface area contributed by atoms with Crippen LogP contribution in [0.4, 0.5) is 17.6 Å². The van der Waals surface area contributed by atoms with Crippen LogP contribution in [0.1, 0.15) is 16.8 Å². The third-order valence-electron chi connectivity index (χ3n) is 2.75. The molecule has 0 saturated heterocycles. The van der Waals surface area contributed by atoms with Gasteiger partial charge in [-0.2, -0.15) is 13.2 Å². The van der Waals surface area contributed by atoms with Gasteiger partial charge in [-0.3, -0.25) is 0 Å². The molecule has 2 rings (SSSR count). The smallest absolute Gasteiger partial charge is 0.416 e. The van der Waals surface area contributed by atoms with Crippen molar-refractivity contribution in [2.24, 2.45) is 0 Å². The minimum atomic E-state index is -4.60. The zero-order valence-corrected chi connectivity index (χ0v) is 11.0. The minimum absolute atomic E-state index is 0.0671. The second-order valence-electron chi connectivity index (χ2n) is 4.41. The molecule has 8 heteroatoms. The van der Waals surface area contributed by atoms with Crippen LogP contribution in [0.2, 0.25) is 0 Å². The quantitative estimate of drug-likeness (QED) is 0.668. The predicted molar refractivity (Wildman–Crippen MR) is 70.5 cm³/mol. The number of carboxylic acids is 1. The number of halogens is 4. The summed E-state index contributed by atoms with van der Waals surface area (Å²) < 4.78 is 51.1. The molecule has 116 valence electrons. The Kier molecular flexibility index (Phi) is 4.30. The lowest BCUT2D eigenvalue weighted by molar-refractivity contribution is -0.137.